The molecule has 2 aromatic rings. The summed E-state index contributed by atoms with van der Waals surface area (Å²) >= 11 is 0. The van der Waals surface area contributed by atoms with Crippen molar-refractivity contribution in [3.8, 4) is 5.75 Å². The highest BCUT2D eigenvalue weighted by Gasteiger charge is 2.39. The maximum Gasteiger partial charge on any atom is 0.408 e. The summed E-state index contributed by atoms with van der Waals surface area (Å²) < 4.78 is 80.0. The molecule has 0 spiro atoms. The molecule has 0 fully saturated rings. The molecule has 9 amide bonds. The van der Waals surface area contributed by atoms with Crippen molar-refractivity contribution in [3.63, 3.8) is 0 Å². The molecule has 504 valence electrons. The summed E-state index contributed by atoms with van der Waals surface area (Å²) in [4.78, 5) is 133. The second kappa shape index (κ2) is 37.5. The lowest BCUT2D eigenvalue weighted by Crippen LogP contribution is -2.64. The van der Waals surface area contributed by atoms with E-state index >= 15 is 0 Å². The number of guanidine groups is 1. The van der Waals surface area contributed by atoms with Crippen molar-refractivity contribution in [1.82, 2.24) is 53.2 Å². The highest BCUT2D eigenvalue weighted by Crippen LogP contribution is 2.29. The summed E-state index contributed by atoms with van der Waals surface area (Å²) in [5.74, 6) is -28.6. The van der Waals surface area contributed by atoms with E-state index in [4.69, 9.17) is 27.3 Å². The third kappa shape index (κ3) is 24.5. The molecule has 0 aliphatic rings. The van der Waals surface area contributed by atoms with E-state index in [1.807, 2.05) is 21.3 Å². The minimum Gasteiger partial charge on any atom is -0.445 e. The predicted molar refractivity (Wildman–Crippen MR) is 305 cm³/mol. The Morgan fingerprint density at radius 3 is 1.74 bits per heavy atom. The Hall–Kier alpha value is -8.42. The number of hydrogen-bond donors (Lipinski definition) is 19. The minimum atomic E-state index is -2.63. The van der Waals surface area contributed by atoms with E-state index in [9.17, 15) is 95.4 Å². The molecular formula is C54H81F5N14O17. The van der Waals surface area contributed by atoms with Gasteiger partial charge in [-0.15, -0.1) is 0 Å². The number of esters is 1. The molecule has 0 heterocycles. The van der Waals surface area contributed by atoms with Crippen molar-refractivity contribution in [2.24, 2.45) is 35.0 Å². The van der Waals surface area contributed by atoms with Crippen LogP contribution in [0.15, 0.2) is 30.3 Å². The number of rotatable bonds is 37. The average molecular weight is 1290 g/mol. The molecule has 0 saturated carbocycles. The van der Waals surface area contributed by atoms with E-state index in [1.165, 1.54) is 12.1 Å². The van der Waals surface area contributed by atoms with Gasteiger partial charge in [-0.25, -0.2) is 22.8 Å². The summed E-state index contributed by atoms with van der Waals surface area (Å²) in [6.07, 6.45) is -8.63. The number of carbonyl (C=O) groups is 10. The van der Waals surface area contributed by atoms with Gasteiger partial charge in [-0.3, -0.25) is 49.1 Å². The van der Waals surface area contributed by atoms with Crippen molar-refractivity contribution in [3.05, 3.63) is 65.0 Å². The molecule has 0 aliphatic heterocycles. The number of halogens is 5. The number of alkyl carbamates (subject to hydrolysis) is 1. The predicted octanol–water partition coefficient (Wildman–Crippen LogP) is -4.57. The highest BCUT2D eigenvalue weighted by molar-refractivity contribution is 5.98. The molecule has 0 aromatic heterocycles. The summed E-state index contributed by atoms with van der Waals surface area (Å²) in [5, 5.41) is 83.3. The van der Waals surface area contributed by atoms with Crippen LogP contribution in [0, 0.1) is 52.2 Å². The highest BCUT2D eigenvalue weighted by atomic mass is 19.2. The third-order valence-corrected chi connectivity index (χ3v) is 13.4. The average Bonchev–Trinajstić information content (AvgIpc) is 1.39. The Morgan fingerprint density at radius 2 is 1.21 bits per heavy atom. The van der Waals surface area contributed by atoms with E-state index in [0.29, 0.717) is 5.56 Å². The maximum atomic E-state index is 14.5. The van der Waals surface area contributed by atoms with Crippen molar-refractivity contribution < 1.29 is 105 Å². The number of benzene rings is 2. The fourth-order valence-corrected chi connectivity index (χ4v) is 8.07. The lowest BCUT2D eigenvalue weighted by molar-refractivity contribution is -0.140. The van der Waals surface area contributed by atoms with Gasteiger partial charge in [0.2, 0.25) is 82.1 Å². The standard InChI is InChI=1S/C54H81F5N14O17/c1-8-24(6)38(72-46(81)27(15-12-16-64-53(62)63)67-47(82)28(17-22(2)3)68-48(83)37(60)41(77)23(4)5)50(85)73-39(25(7)75)49(84)66-19-31(76)71-40(42(78)44(61)79)51(86)69-30(20-74)45(80)65-18-29(70-54(88)89-21-26-13-10-9-11-14-26)52(87)90-43-35(58)33(56)32(55)34(57)36(43)59/h9-11,13-14,22-25,27-30,37-42,50,73-75,77-78,85H,8,12,15-21,60H2,1-7H3,(H2,61,79)(H,65,80)(H,66,84)(H,67,82)(H,68,83)(H,69,86)(H,70,88)(H,71,76)(H,72,81)(H4,62,63,64)/t24-,25-,27+,28-,29-,30-,37-,38-,39-,40-,41+,42-,50?/m0/s1. The molecule has 22 N–H and O–H groups in total. The van der Waals surface area contributed by atoms with Gasteiger partial charge in [0.1, 0.15) is 55.1 Å². The molecule has 0 radical (unpaired) electrons. The van der Waals surface area contributed by atoms with Crippen molar-refractivity contribution in [1.29, 1.82) is 5.41 Å². The number of aliphatic hydroxyl groups excluding tert-OH is 5. The molecule has 0 saturated heterocycles. The number of hydrogen-bond acceptors (Lipinski definition) is 20. The topological polar surface area (TPSA) is 513 Å². The molecule has 0 bridgehead atoms. The van der Waals surface area contributed by atoms with Gasteiger partial charge in [0.25, 0.3) is 0 Å². The zero-order valence-corrected chi connectivity index (χ0v) is 50.2. The first-order valence-corrected chi connectivity index (χ1v) is 28.1. The lowest BCUT2D eigenvalue weighted by atomic mass is 9.95. The van der Waals surface area contributed by atoms with Gasteiger partial charge in [-0.2, -0.15) is 8.78 Å². The van der Waals surface area contributed by atoms with Gasteiger partial charge in [-0.1, -0.05) is 78.3 Å². The Labute approximate surface area is 513 Å². The SMILES string of the molecule is CC[C@H](C)[C@H](NC(=O)[C@@H](CCCNC(=N)N)NC(=O)[C@H](CC(C)C)NC(=O)[C@@H](N)[C@H](O)C(C)C)C(O)N[C@H](C(=O)NCC(=O)N[C@H](C(=O)N[C@@H](CO)C(=O)NC[C@H](NC(=O)OCc1ccccc1)C(=O)Oc1c(F)c(F)c(F)c(F)c1F)[C@H](O)C(N)=O)[C@H](C)O. The molecule has 0 aliphatic carbocycles. The molecule has 2 rings (SSSR count). The largest absolute Gasteiger partial charge is 0.445 e. The number of nitrogens with two attached hydrogens (primary N) is 3. The molecule has 36 heteroatoms. The molecular weight excluding hydrogens is 1210 g/mol. The lowest BCUT2D eigenvalue weighted by Gasteiger charge is -2.34. The Bertz CT molecular complexity index is 2790. The summed E-state index contributed by atoms with van der Waals surface area (Å²) in [6, 6.07) is -6.42. The Balaban J connectivity index is 2.30. The van der Waals surface area contributed by atoms with Gasteiger partial charge >= 0.3 is 12.1 Å². The number of primary amides is 1. The maximum absolute atomic E-state index is 14.5. The zero-order valence-electron chi connectivity index (χ0n) is 50.2. The monoisotopic (exact) mass is 1290 g/mol. The van der Waals surface area contributed by atoms with Crippen molar-refractivity contribution in [2.45, 2.75) is 154 Å². The zero-order chi connectivity index (χ0) is 68.4. The third-order valence-electron chi connectivity index (χ3n) is 13.4. The Morgan fingerprint density at radius 1 is 0.644 bits per heavy atom. The van der Waals surface area contributed by atoms with Gasteiger partial charge in [0, 0.05) is 13.1 Å². The van der Waals surface area contributed by atoms with E-state index in [1.54, 1.807) is 59.7 Å². The first kappa shape index (κ1) is 77.7. The molecule has 13 atom stereocenters. The minimum absolute atomic E-state index is 0.0623. The van der Waals surface area contributed by atoms with Crippen LogP contribution in [0.4, 0.5) is 26.7 Å². The molecule has 31 nitrogen and oxygen atoms in total. The van der Waals surface area contributed by atoms with Crippen LogP contribution in [0.2, 0.25) is 0 Å². The first-order valence-electron chi connectivity index (χ1n) is 28.1. The van der Waals surface area contributed by atoms with Gasteiger partial charge in [-0.05, 0) is 49.5 Å². The van der Waals surface area contributed by atoms with Gasteiger partial charge in [0.05, 0.1) is 31.4 Å². The fraction of sp³-hybridized carbons (Fsp3) is 0.574. The van der Waals surface area contributed by atoms with Crippen LogP contribution in [0.5, 0.6) is 5.75 Å². The van der Waals surface area contributed by atoms with Crippen LogP contribution >= 0.6 is 0 Å². The summed E-state index contributed by atoms with van der Waals surface area (Å²) in [5.41, 5.74) is 17.0. The van der Waals surface area contributed by atoms with Crippen LogP contribution in [0.1, 0.15) is 79.7 Å². The summed E-state index contributed by atoms with van der Waals surface area (Å²) in [6.45, 7) is 7.02. The van der Waals surface area contributed by atoms with Gasteiger partial charge < -0.3 is 100 Å². The number of amides is 9. The van der Waals surface area contributed by atoms with Crippen molar-refractivity contribution in [2.75, 3.05) is 26.2 Å². The second-order valence-corrected chi connectivity index (χ2v) is 21.4. The number of aliphatic hydroxyl groups is 5. The summed E-state index contributed by atoms with van der Waals surface area (Å²) in [7, 11) is 0. The number of nitrogens with one attached hydrogen (secondary N) is 11. The van der Waals surface area contributed by atoms with E-state index in [0.717, 1.165) is 6.92 Å². The smallest absolute Gasteiger partial charge is 0.408 e. The number of carbonyl (C=O) groups excluding carboxylic acids is 10. The molecule has 90 heavy (non-hydrogen) atoms. The number of ether oxygens (including phenoxy) is 2. The van der Waals surface area contributed by atoms with E-state index in [-0.39, 0.29) is 44.1 Å². The van der Waals surface area contributed by atoms with E-state index in [2.05, 4.69) is 36.6 Å². The van der Waals surface area contributed by atoms with Crippen molar-refractivity contribution >= 4 is 65.3 Å². The van der Waals surface area contributed by atoms with Crippen LogP contribution in [-0.4, -0.2) is 190 Å². The van der Waals surface area contributed by atoms with Crippen LogP contribution in [0.25, 0.3) is 0 Å². The fourth-order valence-electron chi connectivity index (χ4n) is 8.07. The van der Waals surface area contributed by atoms with Crippen LogP contribution in [0.3, 0.4) is 0 Å². The second-order valence-electron chi connectivity index (χ2n) is 21.4. The van der Waals surface area contributed by atoms with Crippen LogP contribution in [-0.2, 0) is 54.5 Å². The first-order chi connectivity index (χ1) is 42.1. The molecule has 1 unspecified atom stereocenters. The molecule has 2 aromatic carbocycles. The van der Waals surface area contributed by atoms with Crippen LogP contribution < -0.4 is 75.1 Å². The van der Waals surface area contributed by atoms with E-state index < -0.39 is 205 Å². The normalized spacial score (nSPS) is 15.6. The quantitative estimate of drug-likeness (QED) is 0.00349. The van der Waals surface area contributed by atoms with Gasteiger partial charge in [0.15, 0.2) is 12.1 Å². The Kier molecular flexibility index (Phi) is 32.4.